The fourth-order valence-corrected chi connectivity index (χ4v) is 3.20. The van der Waals surface area contributed by atoms with Crippen LogP contribution >= 0.6 is 0 Å². The van der Waals surface area contributed by atoms with Crippen LogP contribution in [0.5, 0.6) is 0 Å². The average molecular weight is 420 g/mol. The summed E-state index contributed by atoms with van der Waals surface area (Å²) in [5.74, 6) is 6.07. The van der Waals surface area contributed by atoms with Gasteiger partial charge in [-0.05, 0) is 48.5 Å². The number of carbonyl (C=O) groups is 2. The number of benzene rings is 2. The van der Waals surface area contributed by atoms with Gasteiger partial charge >= 0.3 is 0 Å². The molecule has 2 aromatic heterocycles. The van der Waals surface area contributed by atoms with Gasteiger partial charge in [0.15, 0.2) is 6.29 Å². The van der Waals surface area contributed by atoms with Crippen LogP contribution in [0.2, 0.25) is 0 Å². The molecule has 0 bridgehead atoms. The number of rotatable bonds is 5. The van der Waals surface area contributed by atoms with Gasteiger partial charge in [-0.3, -0.25) is 14.6 Å². The summed E-state index contributed by atoms with van der Waals surface area (Å²) < 4.78 is 0. The highest BCUT2D eigenvalue weighted by Crippen LogP contribution is 2.23. The van der Waals surface area contributed by atoms with Crippen molar-refractivity contribution >= 4 is 23.1 Å². The number of fused-ring (bicyclic) bond motifs is 1. The Balaban J connectivity index is 1.52. The Kier molecular flexibility index (Phi) is 6.30. The van der Waals surface area contributed by atoms with E-state index in [0.29, 0.717) is 29.9 Å². The van der Waals surface area contributed by atoms with Gasteiger partial charge in [-0.15, -0.1) is 0 Å². The average Bonchev–Trinajstić information content (AvgIpc) is 2.86. The fraction of sp³-hybridized carbons (Fsp3) is 0.0769. The van der Waals surface area contributed by atoms with Crippen LogP contribution in [-0.2, 0) is 0 Å². The Morgan fingerprint density at radius 1 is 1.00 bits per heavy atom. The first kappa shape index (κ1) is 20.9. The zero-order valence-corrected chi connectivity index (χ0v) is 17.2. The minimum Gasteiger partial charge on any atom is -0.351 e. The molecule has 0 spiro atoms. The fourth-order valence-electron chi connectivity index (χ4n) is 3.20. The smallest absolute Gasteiger partial charge is 0.251 e. The lowest BCUT2D eigenvalue weighted by Crippen LogP contribution is -2.28. The molecule has 0 saturated heterocycles. The van der Waals surface area contributed by atoms with Crippen molar-refractivity contribution in [2.24, 2.45) is 5.73 Å². The Hall–Kier alpha value is -4.34. The maximum atomic E-state index is 11.9. The van der Waals surface area contributed by atoms with E-state index in [-0.39, 0.29) is 5.91 Å². The van der Waals surface area contributed by atoms with Gasteiger partial charge in [-0.2, -0.15) is 0 Å². The van der Waals surface area contributed by atoms with Crippen LogP contribution in [0.25, 0.3) is 22.2 Å². The molecule has 0 aliphatic rings. The number of hydrogen-bond acceptors (Lipinski definition) is 5. The molecule has 2 heterocycles. The highest BCUT2D eigenvalue weighted by molar-refractivity contribution is 5.97. The van der Waals surface area contributed by atoms with E-state index in [1.54, 1.807) is 36.7 Å². The van der Waals surface area contributed by atoms with Crippen molar-refractivity contribution in [3.05, 3.63) is 95.3 Å². The summed E-state index contributed by atoms with van der Waals surface area (Å²) in [5.41, 5.74) is 10.5. The topological polar surface area (TPSA) is 98.0 Å². The molecule has 0 saturated carbocycles. The second-order valence-electron chi connectivity index (χ2n) is 7.06. The SMILES string of the molecule is NCCNC(=O)c1ccc(C#Cc2ccc(-c3cc(C=O)c4cnccc4n3)cc2)cc1. The lowest BCUT2D eigenvalue weighted by Gasteiger charge is -2.06. The number of nitrogens with one attached hydrogen (secondary N) is 1. The third kappa shape index (κ3) is 4.69. The molecule has 0 aliphatic carbocycles. The molecule has 6 heteroatoms. The van der Waals surface area contributed by atoms with Crippen molar-refractivity contribution < 1.29 is 9.59 Å². The molecule has 3 N–H and O–H groups in total. The second kappa shape index (κ2) is 9.65. The molecule has 0 aliphatic heterocycles. The molecule has 4 aromatic rings. The van der Waals surface area contributed by atoms with Crippen molar-refractivity contribution in [2.75, 3.05) is 13.1 Å². The van der Waals surface area contributed by atoms with Crippen LogP contribution in [0.1, 0.15) is 31.8 Å². The molecule has 32 heavy (non-hydrogen) atoms. The van der Waals surface area contributed by atoms with Crippen LogP contribution in [0, 0.1) is 11.8 Å². The molecule has 6 nitrogen and oxygen atoms in total. The van der Waals surface area contributed by atoms with Gasteiger partial charge in [0.05, 0.1) is 11.2 Å². The number of aromatic nitrogens is 2. The lowest BCUT2D eigenvalue weighted by molar-refractivity contribution is 0.0954. The molecular weight excluding hydrogens is 400 g/mol. The Bertz CT molecular complexity index is 1330. The number of nitrogens with zero attached hydrogens (tertiary/aromatic N) is 2. The van der Waals surface area contributed by atoms with Crippen LogP contribution < -0.4 is 11.1 Å². The zero-order chi connectivity index (χ0) is 22.3. The van der Waals surface area contributed by atoms with Crippen molar-refractivity contribution in [3.8, 4) is 23.1 Å². The monoisotopic (exact) mass is 420 g/mol. The van der Waals surface area contributed by atoms with Gasteiger partial charge in [0, 0.05) is 58.7 Å². The Morgan fingerprint density at radius 3 is 2.34 bits per heavy atom. The summed E-state index contributed by atoms with van der Waals surface area (Å²) in [6.45, 7) is 0.847. The highest BCUT2D eigenvalue weighted by Gasteiger charge is 2.07. The van der Waals surface area contributed by atoms with Gasteiger partial charge in [0.25, 0.3) is 5.91 Å². The van der Waals surface area contributed by atoms with E-state index in [2.05, 4.69) is 27.1 Å². The molecule has 0 fully saturated rings. The highest BCUT2D eigenvalue weighted by atomic mass is 16.1. The normalized spacial score (nSPS) is 10.3. The lowest BCUT2D eigenvalue weighted by atomic mass is 10.0. The van der Waals surface area contributed by atoms with Crippen LogP contribution in [0.15, 0.2) is 73.1 Å². The van der Waals surface area contributed by atoms with Gasteiger partial charge in [-0.1, -0.05) is 24.0 Å². The first-order valence-corrected chi connectivity index (χ1v) is 10.1. The summed E-state index contributed by atoms with van der Waals surface area (Å²) in [6, 6.07) is 18.3. The number of aldehydes is 1. The van der Waals surface area contributed by atoms with Crippen molar-refractivity contribution in [3.63, 3.8) is 0 Å². The molecule has 0 unspecified atom stereocenters. The standard InChI is InChI=1S/C26H20N4O2/c27-12-14-29-26(32)21-9-5-19(6-10-21)2-1-18-3-7-20(8-4-18)25-15-22(17-31)23-16-28-13-11-24(23)30-25/h3-11,13,15-17H,12,14,27H2,(H,29,32). The van der Waals surface area contributed by atoms with E-state index in [9.17, 15) is 9.59 Å². The first-order valence-electron chi connectivity index (χ1n) is 10.1. The third-order valence-corrected chi connectivity index (χ3v) is 4.88. The number of hydrogen-bond donors (Lipinski definition) is 2. The Morgan fingerprint density at radius 2 is 1.69 bits per heavy atom. The summed E-state index contributed by atoms with van der Waals surface area (Å²) in [7, 11) is 0. The molecule has 4 rings (SSSR count). The minimum atomic E-state index is -0.151. The van der Waals surface area contributed by atoms with Crippen LogP contribution in [0.3, 0.4) is 0 Å². The van der Waals surface area contributed by atoms with E-state index in [4.69, 9.17) is 5.73 Å². The van der Waals surface area contributed by atoms with Crippen molar-refractivity contribution in [1.82, 2.24) is 15.3 Å². The largest absolute Gasteiger partial charge is 0.351 e. The first-order chi connectivity index (χ1) is 15.7. The molecular formula is C26H20N4O2. The van der Waals surface area contributed by atoms with Crippen LogP contribution in [0.4, 0.5) is 0 Å². The minimum absolute atomic E-state index is 0.151. The maximum absolute atomic E-state index is 11.9. The molecule has 2 aromatic carbocycles. The molecule has 156 valence electrons. The summed E-state index contributed by atoms with van der Waals surface area (Å²) in [4.78, 5) is 32.1. The van der Waals surface area contributed by atoms with E-state index < -0.39 is 0 Å². The number of amides is 1. The zero-order valence-electron chi connectivity index (χ0n) is 17.2. The quantitative estimate of drug-likeness (QED) is 0.382. The second-order valence-corrected chi connectivity index (χ2v) is 7.06. The van der Waals surface area contributed by atoms with Crippen LogP contribution in [-0.4, -0.2) is 35.3 Å². The van der Waals surface area contributed by atoms with Crippen molar-refractivity contribution in [2.45, 2.75) is 0 Å². The van der Waals surface area contributed by atoms with E-state index in [0.717, 1.165) is 33.9 Å². The summed E-state index contributed by atoms with van der Waals surface area (Å²) >= 11 is 0. The summed E-state index contributed by atoms with van der Waals surface area (Å²) in [5, 5.41) is 3.47. The number of carbonyl (C=O) groups excluding carboxylic acids is 2. The van der Waals surface area contributed by atoms with Gasteiger partial charge < -0.3 is 11.1 Å². The number of nitrogens with two attached hydrogens (primary N) is 1. The van der Waals surface area contributed by atoms with E-state index >= 15 is 0 Å². The maximum Gasteiger partial charge on any atom is 0.251 e. The van der Waals surface area contributed by atoms with Gasteiger partial charge in [0.2, 0.25) is 0 Å². The predicted molar refractivity (Wildman–Crippen MR) is 124 cm³/mol. The summed E-state index contributed by atoms with van der Waals surface area (Å²) in [6.07, 6.45) is 4.13. The number of pyridine rings is 2. The predicted octanol–water partition coefficient (Wildman–Crippen LogP) is 3.20. The third-order valence-electron chi connectivity index (χ3n) is 4.88. The molecule has 0 radical (unpaired) electrons. The Labute approximate surface area is 185 Å². The molecule has 0 atom stereocenters. The van der Waals surface area contributed by atoms with Gasteiger partial charge in [-0.25, -0.2) is 4.98 Å². The van der Waals surface area contributed by atoms with Crippen molar-refractivity contribution in [1.29, 1.82) is 0 Å². The van der Waals surface area contributed by atoms with E-state index in [1.807, 2.05) is 36.4 Å². The molecule has 1 amide bonds. The van der Waals surface area contributed by atoms with Gasteiger partial charge in [0.1, 0.15) is 0 Å². The van der Waals surface area contributed by atoms with E-state index in [1.165, 1.54) is 0 Å².